The Morgan fingerprint density at radius 3 is 2.72 bits per heavy atom. The number of benzene rings is 2. The van der Waals surface area contributed by atoms with Gasteiger partial charge in [-0.05, 0) is 24.6 Å². The second-order valence-electron chi connectivity index (χ2n) is 5.75. The minimum absolute atomic E-state index is 0.161. The first-order valence-electron chi connectivity index (χ1n) is 8.11. The smallest absolute Gasteiger partial charge is 0.258 e. The fourth-order valence-corrected chi connectivity index (χ4v) is 2.59. The molecule has 0 atom stereocenters. The highest BCUT2D eigenvalue weighted by Gasteiger charge is 2.07. The van der Waals surface area contributed by atoms with Crippen molar-refractivity contribution in [3.05, 3.63) is 76.1 Å². The molecule has 25 heavy (non-hydrogen) atoms. The predicted molar refractivity (Wildman–Crippen MR) is 93.5 cm³/mol. The fourth-order valence-electron chi connectivity index (χ4n) is 2.59. The summed E-state index contributed by atoms with van der Waals surface area (Å²) in [5, 5.41) is 3.25. The molecule has 3 rings (SSSR count). The van der Waals surface area contributed by atoms with E-state index in [9.17, 15) is 14.0 Å². The number of aromatic nitrogens is 2. The van der Waals surface area contributed by atoms with E-state index >= 15 is 0 Å². The van der Waals surface area contributed by atoms with Gasteiger partial charge in [-0.2, -0.15) is 0 Å². The summed E-state index contributed by atoms with van der Waals surface area (Å²) in [6.07, 6.45) is 1.32. The lowest BCUT2D eigenvalue weighted by Gasteiger charge is -2.06. The van der Waals surface area contributed by atoms with Crippen LogP contribution >= 0.6 is 0 Å². The van der Waals surface area contributed by atoms with Crippen LogP contribution in [0.3, 0.4) is 0 Å². The van der Waals surface area contributed by atoms with Gasteiger partial charge in [-0.3, -0.25) is 9.59 Å². The maximum atomic E-state index is 13.5. The van der Waals surface area contributed by atoms with Gasteiger partial charge in [-0.25, -0.2) is 9.37 Å². The highest BCUT2D eigenvalue weighted by Crippen LogP contribution is 2.08. The topological polar surface area (TPSA) is 74.8 Å². The van der Waals surface area contributed by atoms with Gasteiger partial charge in [0.25, 0.3) is 5.56 Å². The summed E-state index contributed by atoms with van der Waals surface area (Å²) in [6, 6.07) is 13.5. The van der Waals surface area contributed by atoms with E-state index in [1.807, 2.05) is 6.07 Å². The number of nitrogens with zero attached hydrogens (tertiary/aromatic N) is 1. The molecule has 0 aliphatic rings. The Balaban J connectivity index is 1.52. The summed E-state index contributed by atoms with van der Waals surface area (Å²) in [6.45, 7) is 0.163. The van der Waals surface area contributed by atoms with Crippen molar-refractivity contribution in [2.24, 2.45) is 0 Å². The number of aromatic amines is 1. The molecule has 0 radical (unpaired) electrons. The van der Waals surface area contributed by atoms with Crippen molar-refractivity contribution in [2.75, 3.05) is 0 Å². The molecular weight excluding hydrogens is 321 g/mol. The van der Waals surface area contributed by atoms with Gasteiger partial charge in [0.15, 0.2) is 0 Å². The summed E-state index contributed by atoms with van der Waals surface area (Å²) < 4.78 is 13.5. The monoisotopic (exact) mass is 339 g/mol. The first-order valence-corrected chi connectivity index (χ1v) is 8.11. The van der Waals surface area contributed by atoms with E-state index in [1.54, 1.807) is 36.4 Å². The lowest BCUT2D eigenvalue weighted by atomic mass is 10.2. The fraction of sp³-hybridized carbons (Fsp3) is 0.211. The molecule has 2 N–H and O–H groups in total. The number of hydrogen-bond donors (Lipinski definition) is 2. The van der Waals surface area contributed by atoms with Crippen molar-refractivity contribution in [1.82, 2.24) is 15.3 Å². The molecule has 0 aliphatic carbocycles. The third kappa shape index (κ3) is 4.29. The number of carbonyl (C=O) groups excluding carboxylic acids is 1. The van der Waals surface area contributed by atoms with Crippen LogP contribution in [0.2, 0.25) is 0 Å². The van der Waals surface area contributed by atoms with E-state index in [4.69, 9.17) is 0 Å². The number of carbonyl (C=O) groups is 1. The number of nitrogens with one attached hydrogen (secondary N) is 2. The molecule has 1 heterocycles. The van der Waals surface area contributed by atoms with Crippen LogP contribution in [0.15, 0.2) is 53.3 Å². The number of amides is 1. The summed E-state index contributed by atoms with van der Waals surface area (Å²) >= 11 is 0. The highest BCUT2D eigenvalue weighted by molar-refractivity contribution is 5.77. The molecule has 0 aliphatic heterocycles. The van der Waals surface area contributed by atoms with E-state index in [0.29, 0.717) is 35.1 Å². The molecule has 0 saturated carbocycles. The minimum Gasteiger partial charge on any atom is -0.352 e. The number of para-hydroxylation sites is 1. The van der Waals surface area contributed by atoms with Crippen LogP contribution < -0.4 is 10.9 Å². The second-order valence-corrected chi connectivity index (χ2v) is 5.75. The van der Waals surface area contributed by atoms with Gasteiger partial charge in [-0.15, -0.1) is 0 Å². The largest absolute Gasteiger partial charge is 0.352 e. The lowest BCUT2D eigenvalue weighted by molar-refractivity contribution is -0.121. The Labute approximate surface area is 143 Å². The van der Waals surface area contributed by atoms with E-state index in [0.717, 1.165) is 0 Å². The van der Waals surface area contributed by atoms with Crippen molar-refractivity contribution in [3.8, 4) is 0 Å². The molecule has 1 amide bonds. The Morgan fingerprint density at radius 2 is 1.88 bits per heavy atom. The average Bonchev–Trinajstić information content (AvgIpc) is 2.61. The van der Waals surface area contributed by atoms with Gasteiger partial charge in [0.1, 0.15) is 11.6 Å². The standard InChI is InChI=1S/C19H18FN3O2/c20-15-8-3-1-6-13(15)12-21-18(24)11-5-10-17-22-16-9-4-2-7-14(16)19(25)23-17/h1-4,6-9H,5,10-12H2,(H,21,24)(H,22,23,25). The van der Waals surface area contributed by atoms with Gasteiger partial charge in [0.2, 0.25) is 5.91 Å². The van der Waals surface area contributed by atoms with Crippen LogP contribution in [0.5, 0.6) is 0 Å². The third-order valence-electron chi connectivity index (χ3n) is 3.91. The van der Waals surface area contributed by atoms with E-state index < -0.39 is 0 Å². The van der Waals surface area contributed by atoms with Crippen molar-refractivity contribution in [3.63, 3.8) is 0 Å². The molecule has 2 aromatic carbocycles. The van der Waals surface area contributed by atoms with Crippen LogP contribution in [-0.4, -0.2) is 15.9 Å². The van der Waals surface area contributed by atoms with Gasteiger partial charge in [0.05, 0.1) is 10.9 Å². The van der Waals surface area contributed by atoms with Crippen LogP contribution in [0.4, 0.5) is 4.39 Å². The molecular formula is C19H18FN3O2. The van der Waals surface area contributed by atoms with Gasteiger partial charge >= 0.3 is 0 Å². The molecule has 0 fully saturated rings. The van der Waals surface area contributed by atoms with Crippen LogP contribution in [0.1, 0.15) is 24.2 Å². The van der Waals surface area contributed by atoms with Gasteiger partial charge < -0.3 is 10.3 Å². The molecule has 5 nitrogen and oxygen atoms in total. The number of fused-ring (bicyclic) bond motifs is 1. The van der Waals surface area contributed by atoms with Crippen molar-refractivity contribution in [1.29, 1.82) is 0 Å². The zero-order chi connectivity index (χ0) is 17.6. The van der Waals surface area contributed by atoms with Crippen LogP contribution in [-0.2, 0) is 17.8 Å². The molecule has 0 spiro atoms. The quantitative estimate of drug-likeness (QED) is 0.725. The lowest BCUT2D eigenvalue weighted by Crippen LogP contribution is -2.23. The number of aryl methyl sites for hydroxylation is 1. The van der Waals surface area contributed by atoms with Crippen molar-refractivity contribution >= 4 is 16.8 Å². The van der Waals surface area contributed by atoms with Gasteiger partial charge in [0, 0.05) is 24.9 Å². The molecule has 3 aromatic rings. The first kappa shape index (κ1) is 16.8. The summed E-state index contributed by atoms with van der Waals surface area (Å²) in [5.74, 6) is 0.0673. The number of hydrogen-bond acceptors (Lipinski definition) is 3. The van der Waals surface area contributed by atoms with Crippen LogP contribution in [0.25, 0.3) is 10.9 Å². The first-order chi connectivity index (χ1) is 12.1. The molecule has 0 unspecified atom stereocenters. The molecule has 6 heteroatoms. The third-order valence-corrected chi connectivity index (χ3v) is 3.91. The molecule has 128 valence electrons. The van der Waals surface area contributed by atoms with Crippen molar-refractivity contribution < 1.29 is 9.18 Å². The molecule has 1 aromatic heterocycles. The number of H-pyrrole nitrogens is 1. The maximum Gasteiger partial charge on any atom is 0.258 e. The SMILES string of the molecule is O=C(CCCc1nc2ccccc2c(=O)[nH]1)NCc1ccccc1F. The Morgan fingerprint density at radius 1 is 1.12 bits per heavy atom. The normalized spacial score (nSPS) is 10.8. The van der Waals surface area contributed by atoms with E-state index in [1.165, 1.54) is 6.07 Å². The summed E-state index contributed by atoms with van der Waals surface area (Å²) in [5.41, 5.74) is 0.922. The zero-order valence-electron chi connectivity index (χ0n) is 13.6. The number of halogens is 1. The molecule has 0 saturated heterocycles. The Kier molecular flexibility index (Phi) is 5.18. The van der Waals surface area contributed by atoms with E-state index in [-0.39, 0.29) is 30.2 Å². The molecule has 0 bridgehead atoms. The van der Waals surface area contributed by atoms with Crippen LogP contribution in [0, 0.1) is 5.82 Å². The maximum absolute atomic E-state index is 13.5. The average molecular weight is 339 g/mol. The minimum atomic E-state index is -0.333. The summed E-state index contributed by atoms with van der Waals surface area (Å²) in [4.78, 5) is 31.0. The van der Waals surface area contributed by atoms with E-state index in [2.05, 4.69) is 15.3 Å². The second kappa shape index (κ2) is 7.70. The predicted octanol–water partition coefficient (Wildman–Crippen LogP) is 2.70. The van der Waals surface area contributed by atoms with Gasteiger partial charge in [-0.1, -0.05) is 30.3 Å². The Hall–Kier alpha value is -3.02. The summed E-state index contributed by atoms with van der Waals surface area (Å²) in [7, 11) is 0. The zero-order valence-corrected chi connectivity index (χ0v) is 13.6. The number of rotatable bonds is 6. The van der Waals surface area contributed by atoms with Crippen molar-refractivity contribution in [2.45, 2.75) is 25.8 Å². The highest BCUT2D eigenvalue weighted by atomic mass is 19.1. The Bertz CT molecular complexity index is 953.